The van der Waals surface area contributed by atoms with Crippen molar-refractivity contribution >= 4 is 11.6 Å². The topological polar surface area (TPSA) is 29.1 Å². The lowest BCUT2D eigenvalue weighted by molar-refractivity contribution is -0.118. The molecule has 0 aromatic heterocycles. The van der Waals surface area contributed by atoms with E-state index in [4.69, 9.17) is 0 Å². The van der Waals surface area contributed by atoms with Gasteiger partial charge in [-0.3, -0.25) is 4.79 Å². The maximum absolute atomic E-state index is 12.2. The van der Waals surface area contributed by atoms with Crippen molar-refractivity contribution in [1.82, 2.24) is 0 Å². The highest BCUT2D eigenvalue weighted by Gasteiger charge is 2.52. The summed E-state index contributed by atoms with van der Waals surface area (Å²) < 4.78 is 0. The summed E-state index contributed by atoms with van der Waals surface area (Å²) in [5, 5.41) is 3.03. The monoisotopic (exact) mass is 257 g/mol. The zero-order valence-corrected chi connectivity index (χ0v) is 11.9. The zero-order valence-electron chi connectivity index (χ0n) is 11.9. The highest BCUT2D eigenvalue weighted by atomic mass is 16.1. The number of carbonyl (C=O) groups is 1. The van der Waals surface area contributed by atoms with Crippen LogP contribution in [0.2, 0.25) is 0 Å². The molecule has 1 aromatic rings. The van der Waals surface area contributed by atoms with Crippen LogP contribution in [-0.2, 0) is 4.79 Å². The molecule has 2 aliphatic carbocycles. The summed E-state index contributed by atoms with van der Waals surface area (Å²) in [4.78, 5) is 12.2. The number of hydrogen-bond donors (Lipinski definition) is 1. The molecule has 0 spiro atoms. The summed E-state index contributed by atoms with van der Waals surface area (Å²) in [5.41, 5.74) is 1.25. The number of fused-ring (bicyclic) bond motifs is 2. The molecule has 3 unspecified atom stereocenters. The smallest absolute Gasteiger partial charge is 0.224 e. The van der Waals surface area contributed by atoms with Gasteiger partial charge in [0, 0.05) is 12.1 Å². The van der Waals surface area contributed by atoms with Gasteiger partial charge in [0.15, 0.2) is 0 Å². The van der Waals surface area contributed by atoms with E-state index in [1.807, 2.05) is 30.3 Å². The van der Waals surface area contributed by atoms with Gasteiger partial charge in [-0.25, -0.2) is 0 Å². The Labute approximate surface area is 115 Å². The number of rotatable bonds is 3. The summed E-state index contributed by atoms with van der Waals surface area (Å²) in [6.07, 6.45) is 4.73. The molecule has 0 aliphatic heterocycles. The van der Waals surface area contributed by atoms with Crippen molar-refractivity contribution in [2.24, 2.45) is 23.2 Å². The predicted octanol–water partition coefficient (Wildman–Crippen LogP) is 4.09. The lowest BCUT2D eigenvalue weighted by Gasteiger charge is -2.38. The maximum atomic E-state index is 12.2. The summed E-state index contributed by atoms with van der Waals surface area (Å²) in [7, 11) is 0. The van der Waals surface area contributed by atoms with E-state index in [1.54, 1.807) is 0 Å². The van der Waals surface area contributed by atoms with Crippen LogP contribution in [0, 0.1) is 23.2 Å². The average molecular weight is 257 g/mol. The highest BCUT2D eigenvalue weighted by Crippen LogP contribution is 2.60. The quantitative estimate of drug-likeness (QED) is 0.868. The summed E-state index contributed by atoms with van der Waals surface area (Å²) in [6, 6.07) is 9.77. The molecule has 3 rings (SSSR count). The minimum Gasteiger partial charge on any atom is -0.326 e. The van der Waals surface area contributed by atoms with E-state index >= 15 is 0 Å². The molecular weight excluding hydrogens is 234 g/mol. The minimum absolute atomic E-state index is 0.178. The van der Waals surface area contributed by atoms with E-state index < -0.39 is 0 Å². The Hall–Kier alpha value is -1.31. The van der Waals surface area contributed by atoms with Crippen molar-refractivity contribution < 1.29 is 4.79 Å². The average Bonchev–Trinajstić information content (AvgIpc) is 2.93. The Kier molecular flexibility index (Phi) is 3.12. The molecule has 2 saturated carbocycles. The fourth-order valence-electron chi connectivity index (χ4n) is 4.33. The van der Waals surface area contributed by atoms with E-state index in [9.17, 15) is 4.79 Å². The van der Waals surface area contributed by atoms with Crippen LogP contribution in [0.1, 0.15) is 39.5 Å². The summed E-state index contributed by atoms with van der Waals surface area (Å²) in [6.45, 7) is 4.72. The van der Waals surface area contributed by atoms with Gasteiger partial charge in [0.25, 0.3) is 0 Å². The number of amides is 1. The number of benzene rings is 1. The number of anilines is 1. The van der Waals surface area contributed by atoms with E-state index in [1.165, 1.54) is 19.3 Å². The molecule has 0 radical (unpaired) electrons. The van der Waals surface area contributed by atoms with Crippen LogP contribution in [0.25, 0.3) is 0 Å². The van der Waals surface area contributed by atoms with Gasteiger partial charge in [0.05, 0.1) is 0 Å². The maximum Gasteiger partial charge on any atom is 0.224 e. The normalized spacial score (nSPS) is 31.4. The van der Waals surface area contributed by atoms with Crippen LogP contribution in [0.5, 0.6) is 0 Å². The van der Waals surface area contributed by atoms with Crippen molar-refractivity contribution in [3.63, 3.8) is 0 Å². The van der Waals surface area contributed by atoms with Crippen molar-refractivity contribution in [1.29, 1.82) is 0 Å². The molecule has 1 N–H and O–H groups in total. The molecule has 102 valence electrons. The molecule has 2 nitrogen and oxygen atoms in total. The highest BCUT2D eigenvalue weighted by molar-refractivity contribution is 5.90. The van der Waals surface area contributed by atoms with Crippen LogP contribution in [0.15, 0.2) is 30.3 Å². The molecular formula is C17H23NO. The second-order valence-electron chi connectivity index (χ2n) is 6.82. The second-order valence-corrected chi connectivity index (χ2v) is 6.82. The first-order valence-electron chi connectivity index (χ1n) is 7.42. The van der Waals surface area contributed by atoms with E-state index in [-0.39, 0.29) is 5.91 Å². The molecule has 1 amide bonds. The van der Waals surface area contributed by atoms with Crippen LogP contribution >= 0.6 is 0 Å². The molecule has 19 heavy (non-hydrogen) atoms. The second kappa shape index (κ2) is 4.66. The van der Waals surface area contributed by atoms with E-state index in [0.29, 0.717) is 17.8 Å². The van der Waals surface area contributed by atoms with E-state index in [0.717, 1.165) is 17.5 Å². The molecule has 2 heteroatoms. The number of para-hydroxylation sites is 1. The molecule has 2 bridgehead atoms. The zero-order chi connectivity index (χ0) is 13.5. The SMILES string of the molecule is CC1(C)C2CCC(C2)C1CC(=O)Nc1ccccc1. The molecule has 1 aromatic carbocycles. The fourth-order valence-corrected chi connectivity index (χ4v) is 4.33. The van der Waals surface area contributed by atoms with Gasteiger partial charge in [-0.1, -0.05) is 32.0 Å². The van der Waals surface area contributed by atoms with Crippen LogP contribution in [0.4, 0.5) is 5.69 Å². The Morgan fingerprint density at radius 2 is 2.00 bits per heavy atom. The summed E-state index contributed by atoms with van der Waals surface area (Å²) >= 11 is 0. The number of nitrogens with one attached hydrogen (secondary N) is 1. The third-order valence-corrected chi connectivity index (χ3v) is 5.51. The Morgan fingerprint density at radius 3 is 2.63 bits per heavy atom. The van der Waals surface area contributed by atoms with Crippen molar-refractivity contribution in [3.05, 3.63) is 30.3 Å². The third kappa shape index (κ3) is 2.29. The van der Waals surface area contributed by atoms with Gasteiger partial charge in [-0.15, -0.1) is 0 Å². The van der Waals surface area contributed by atoms with Crippen LogP contribution in [0.3, 0.4) is 0 Å². The van der Waals surface area contributed by atoms with E-state index in [2.05, 4.69) is 19.2 Å². The third-order valence-electron chi connectivity index (χ3n) is 5.51. The largest absolute Gasteiger partial charge is 0.326 e. The van der Waals surface area contributed by atoms with Crippen LogP contribution in [-0.4, -0.2) is 5.91 Å². The first kappa shape index (κ1) is 12.7. The Balaban J connectivity index is 1.64. The van der Waals surface area contributed by atoms with Gasteiger partial charge < -0.3 is 5.32 Å². The lowest BCUT2D eigenvalue weighted by atomic mass is 9.67. The Morgan fingerprint density at radius 1 is 1.26 bits per heavy atom. The Bertz CT molecular complexity index is 465. The number of carbonyl (C=O) groups excluding carboxylic acids is 1. The van der Waals surface area contributed by atoms with Gasteiger partial charge in [0.2, 0.25) is 5.91 Å². The molecule has 0 saturated heterocycles. The molecule has 2 fully saturated rings. The minimum atomic E-state index is 0.178. The molecule has 0 heterocycles. The van der Waals surface area contributed by atoms with Crippen molar-refractivity contribution in [3.8, 4) is 0 Å². The lowest BCUT2D eigenvalue weighted by Crippen LogP contribution is -2.33. The standard InChI is InChI=1S/C17H23NO/c1-17(2)13-9-8-12(10-13)15(17)11-16(19)18-14-6-4-3-5-7-14/h3-7,12-13,15H,8-11H2,1-2H3,(H,18,19). The van der Waals surface area contributed by atoms with Gasteiger partial charge in [-0.05, 0) is 54.6 Å². The first-order valence-corrected chi connectivity index (χ1v) is 7.42. The van der Waals surface area contributed by atoms with Crippen LogP contribution < -0.4 is 5.32 Å². The summed E-state index contributed by atoms with van der Waals surface area (Å²) in [5.74, 6) is 2.36. The van der Waals surface area contributed by atoms with Crippen molar-refractivity contribution in [2.45, 2.75) is 39.5 Å². The molecule has 2 aliphatic rings. The van der Waals surface area contributed by atoms with Gasteiger partial charge in [0.1, 0.15) is 0 Å². The predicted molar refractivity (Wildman–Crippen MR) is 77.8 cm³/mol. The van der Waals surface area contributed by atoms with Gasteiger partial charge >= 0.3 is 0 Å². The molecule has 3 atom stereocenters. The van der Waals surface area contributed by atoms with Gasteiger partial charge in [-0.2, -0.15) is 0 Å². The first-order chi connectivity index (χ1) is 9.07. The fraction of sp³-hybridized carbons (Fsp3) is 0.588. The van der Waals surface area contributed by atoms with Crippen molar-refractivity contribution in [2.75, 3.05) is 5.32 Å². The number of hydrogen-bond acceptors (Lipinski definition) is 1.